The summed E-state index contributed by atoms with van der Waals surface area (Å²) >= 11 is 0. The summed E-state index contributed by atoms with van der Waals surface area (Å²) in [6.45, 7) is 3.42. The van der Waals surface area contributed by atoms with Crippen LogP contribution in [-0.4, -0.2) is 47.4 Å². The predicted molar refractivity (Wildman–Crippen MR) is 92.3 cm³/mol. The van der Waals surface area contributed by atoms with E-state index in [2.05, 4.69) is 5.32 Å². The van der Waals surface area contributed by atoms with E-state index in [1.807, 2.05) is 13.8 Å². The summed E-state index contributed by atoms with van der Waals surface area (Å²) in [5.41, 5.74) is -0.675. The van der Waals surface area contributed by atoms with Crippen LogP contribution in [0.15, 0.2) is 18.2 Å². The number of alkyl halides is 2. The average molecular weight is 366 g/mol. The molecule has 1 aromatic rings. The van der Waals surface area contributed by atoms with Gasteiger partial charge in [-0.05, 0) is 30.4 Å². The molecule has 1 spiro atoms. The highest BCUT2D eigenvalue weighted by atomic mass is 19.3. The number of phenolic OH excluding ortho intramolecular Hbond substituents is 1. The standard InChI is InChI=1S/C19H24F2N2O3/c1-12(2)13-5-3-6-14(15(13)24)16(25)23-10-18(9-19(20,21)11-23)7-4-8-22-17(18)26/h3,5-6,12,24H,4,7-11H2,1-2H3,(H,22,26). The summed E-state index contributed by atoms with van der Waals surface area (Å²) in [6, 6.07) is 4.77. The van der Waals surface area contributed by atoms with E-state index in [1.165, 1.54) is 6.07 Å². The van der Waals surface area contributed by atoms with Crippen molar-refractivity contribution in [2.45, 2.75) is 45.0 Å². The maximum Gasteiger partial charge on any atom is 0.266 e. The van der Waals surface area contributed by atoms with E-state index in [0.717, 1.165) is 4.90 Å². The molecule has 1 atom stereocenters. The van der Waals surface area contributed by atoms with Gasteiger partial charge in [0, 0.05) is 19.5 Å². The number of amides is 2. The van der Waals surface area contributed by atoms with Crippen LogP contribution < -0.4 is 5.32 Å². The van der Waals surface area contributed by atoms with Gasteiger partial charge in [-0.2, -0.15) is 0 Å². The lowest BCUT2D eigenvalue weighted by molar-refractivity contribution is -0.153. The fraction of sp³-hybridized carbons (Fsp3) is 0.579. The van der Waals surface area contributed by atoms with Gasteiger partial charge in [0.25, 0.3) is 11.8 Å². The van der Waals surface area contributed by atoms with Gasteiger partial charge in [0.15, 0.2) is 0 Å². The minimum Gasteiger partial charge on any atom is -0.507 e. The average Bonchev–Trinajstić information content (AvgIpc) is 2.55. The van der Waals surface area contributed by atoms with E-state index >= 15 is 0 Å². The van der Waals surface area contributed by atoms with Crippen LogP contribution in [0.3, 0.4) is 0 Å². The Morgan fingerprint density at radius 2 is 2.04 bits per heavy atom. The molecule has 0 aliphatic carbocycles. The first-order valence-electron chi connectivity index (χ1n) is 8.92. The first-order chi connectivity index (χ1) is 12.2. The van der Waals surface area contributed by atoms with Crippen molar-refractivity contribution in [3.05, 3.63) is 29.3 Å². The van der Waals surface area contributed by atoms with Gasteiger partial charge in [0.2, 0.25) is 5.91 Å². The molecule has 2 amide bonds. The fourth-order valence-electron chi connectivity index (χ4n) is 4.07. The van der Waals surface area contributed by atoms with Crippen LogP contribution >= 0.6 is 0 Å². The number of benzene rings is 1. The molecule has 2 heterocycles. The summed E-state index contributed by atoms with van der Waals surface area (Å²) in [5.74, 6) is -4.42. The quantitative estimate of drug-likeness (QED) is 0.846. The molecule has 3 rings (SSSR count). The van der Waals surface area contributed by atoms with Crippen molar-refractivity contribution < 1.29 is 23.5 Å². The number of likely N-dealkylation sites (tertiary alicyclic amines) is 1. The smallest absolute Gasteiger partial charge is 0.266 e. The number of aromatic hydroxyl groups is 1. The second-order valence-electron chi connectivity index (χ2n) is 7.73. The van der Waals surface area contributed by atoms with Crippen molar-refractivity contribution in [3.8, 4) is 5.75 Å². The summed E-state index contributed by atoms with van der Waals surface area (Å²) in [5, 5.41) is 13.1. The predicted octanol–water partition coefficient (Wildman–Crippen LogP) is 2.89. The Kier molecular flexibility index (Phi) is 4.67. The molecule has 2 fully saturated rings. The van der Waals surface area contributed by atoms with E-state index in [9.17, 15) is 23.5 Å². The maximum atomic E-state index is 14.4. The lowest BCUT2D eigenvalue weighted by Gasteiger charge is -2.46. The van der Waals surface area contributed by atoms with Crippen LogP contribution in [0.1, 0.15) is 54.9 Å². The zero-order valence-electron chi connectivity index (χ0n) is 15.0. The number of hydrogen-bond acceptors (Lipinski definition) is 3. The van der Waals surface area contributed by atoms with Crippen LogP contribution in [-0.2, 0) is 4.79 Å². The van der Waals surface area contributed by atoms with Gasteiger partial charge >= 0.3 is 0 Å². The third kappa shape index (κ3) is 3.27. The number of carbonyl (C=O) groups excluding carboxylic acids is 2. The fourth-order valence-corrected chi connectivity index (χ4v) is 4.07. The van der Waals surface area contributed by atoms with Crippen molar-refractivity contribution in [2.75, 3.05) is 19.6 Å². The lowest BCUT2D eigenvalue weighted by atomic mass is 9.72. The maximum absolute atomic E-state index is 14.4. The number of nitrogens with one attached hydrogen (secondary N) is 1. The monoisotopic (exact) mass is 366 g/mol. The number of phenols is 1. The molecular formula is C19H24F2N2O3. The molecule has 26 heavy (non-hydrogen) atoms. The van der Waals surface area contributed by atoms with Gasteiger partial charge in [0.1, 0.15) is 5.75 Å². The first-order valence-corrected chi connectivity index (χ1v) is 8.92. The van der Waals surface area contributed by atoms with Crippen LogP contribution in [0, 0.1) is 5.41 Å². The molecule has 7 heteroatoms. The molecule has 2 aliphatic heterocycles. The third-order valence-electron chi connectivity index (χ3n) is 5.32. The highest BCUT2D eigenvalue weighted by Crippen LogP contribution is 2.44. The molecule has 2 aliphatic rings. The molecule has 0 saturated carbocycles. The van der Waals surface area contributed by atoms with Gasteiger partial charge in [-0.25, -0.2) is 8.78 Å². The molecule has 142 valence electrons. The molecule has 2 saturated heterocycles. The topological polar surface area (TPSA) is 69.6 Å². The molecule has 0 bridgehead atoms. The SMILES string of the molecule is CC(C)c1cccc(C(=O)N2CC(F)(F)CC3(CCCNC3=O)C2)c1O. The van der Waals surface area contributed by atoms with Gasteiger partial charge < -0.3 is 15.3 Å². The molecule has 1 unspecified atom stereocenters. The Bertz CT molecular complexity index is 735. The van der Waals surface area contributed by atoms with Gasteiger partial charge in [-0.1, -0.05) is 26.0 Å². The first kappa shape index (κ1) is 18.6. The molecule has 0 aromatic heterocycles. The minimum atomic E-state index is -3.14. The third-order valence-corrected chi connectivity index (χ3v) is 5.32. The van der Waals surface area contributed by atoms with Crippen molar-refractivity contribution >= 4 is 11.8 Å². The Morgan fingerprint density at radius 3 is 2.69 bits per heavy atom. The lowest BCUT2D eigenvalue weighted by Crippen LogP contribution is -2.61. The summed E-state index contributed by atoms with van der Waals surface area (Å²) in [4.78, 5) is 26.3. The van der Waals surface area contributed by atoms with E-state index in [1.54, 1.807) is 12.1 Å². The number of nitrogens with zero attached hydrogens (tertiary/aromatic N) is 1. The number of halogens is 2. The Morgan fingerprint density at radius 1 is 1.31 bits per heavy atom. The van der Waals surface area contributed by atoms with Crippen LogP contribution in [0.2, 0.25) is 0 Å². The van der Waals surface area contributed by atoms with E-state index in [0.29, 0.717) is 24.9 Å². The second kappa shape index (κ2) is 6.52. The second-order valence-corrected chi connectivity index (χ2v) is 7.73. The molecular weight excluding hydrogens is 342 g/mol. The van der Waals surface area contributed by atoms with Gasteiger partial charge in [-0.3, -0.25) is 9.59 Å². The molecule has 1 aromatic carbocycles. The Balaban J connectivity index is 1.94. The van der Waals surface area contributed by atoms with Crippen molar-refractivity contribution in [3.63, 3.8) is 0 Å². The highest BCUT2D eigenvalue weighted by Gasteiger charge is 2.54. The Labute approximate surface area is 151 Å². The number of piperidine rings is 2. The van der Waals surface area contributed by atoms with Gasteiger partial charge in [-0.15, -0.1) is 0 Å². The van der Waals surface area contributed by atoms with Gasteiger partial charge in [0.05, 0.1) is 17.5 Å². The largest absolute Gasteiger partial charge is 0.507 e. The number of hydrogen-bond donors (Lipinski definition) is 2. The van der Waals surface area contributed by atoms with E-state index in [-0.39, 0.29) is 23.8 Å². The zero-order valence-corrected chi connectivity index (χ0v) is 15.0. The minimum absolute atomic E-state index is 0.000248. The van der Waals surface area contributed by atoms with Crippen LogP contribution in [0.4, 0.5) is 8.78 Å². The van der Waals surface area contributed by atoms with Crippen LogP contribution in [0.25, 0.3) is 0 Å². The molecule has 0 radical (unpaired) electrons. The number of rotatable bonds is 2. The summed E-state index contributed by atoms with van der Waals surface area (Å²) in [7, 11) is 0. The zero-order chi connectivity index (χ0) is 19.1. The number of para-hydroxylation sites is 1. The van der Waals surface area contributed by atoms with Crippen molar-refractivity contribution in [1.29, 1.82) is 0 Å². The molecule has 5 nitrogen and oxygen atoms in total. The normalized spacial score (nSPS) is 25.4. The van der Waals surface area contributed by atoms with Crippen LogP contribution in [0.5, 0.6) is 5.75 Å². The number of carbonyl (C=O) groups is 2. The highest BCUT2D eigenvalue weighted by molar-refractivity contribution is 5.98. The van der Waals surface area contributed by atoms with Crippen molar-refractivity contribution in [2.24, 2.45) is 5.41 Å². The Hall–Kier alpha value is -2.18. The van der Waals surface area contributed by atoms with Crippen molar-refractivity contribution in [1.82, 2.24) is 10.2 Å². The van der Waals surface area contributed by atoms with E-state index in [4.69, 9.17) is 0 Å². The summed E-state index contributed by atoms with van der Waals surface area (Å²) < 4.78 is 28.8. The van der Waals surface area contributed by atoms with E-state index < -0.39 is 36.1 Å². The summed E-state index contributed by atoms with van der Waals surface area (Å²) in [6.07, 6.45) is 0.391. The molecule has 2 N–H and O–H groups in total.